The van der Waals surface area contributed by atoms with Crippen LogP contribution in [0.1, 0.15) is 11.1 Å². The number of rotatable bonds is 3. The molecule has 144 valence electrons. The first-order valence-electron chi connectivity index (χ1n) is 8.55. The van der Waals surface area contributed by atoms with Crippen molar-refractivity contribution in [3.05, 3.63) is 29.3 Å². The van der Waals surface area contributed by atoms with E-state index in [0.717, 1.165) is 21.7 Å². The molecule has 2 atom stereocenters. The summed E-state index contributed by atoms with van der Waals surface area (Å²) in [6.45, 7) is 3.91. The van der Waals surface area contributed by atoms with E-state index in [0.29, 0.717) is 5.17 Å². The summed E-state index contributed by atoms with van der Waals surface area (Å²) in [4.78, 5) is 45.7. The summed E-state index contributed by atoms with van der Waals surface area (Å²) < 4.78 is 0. The predicted octanol–water partition coefficient (Wildman–Crippen LogP) is 1.50. The Kier molecular flexibility index (Phi) is 5.14. The van der Waals surface area contributed by atoms with Crippen molar-refractivity contribution in [2.75, 3.05) is 32.2 Å². The number of hydrogen-bond donors (Lipinski definition) is 1. The highest BCUT2D eigenvalue weighted by molar-refractivity contribution is 8.14. The van der Waals surface area contributed by atoms with Gasteiger partial charge in [0.05, 0.1) is 5.75 Å². The van der Waals surface area contributed by atoms with Crippen LogP contribution in [-0.4, -0.2) is 76.8 Å². The van der Waals surface area contributed by atoms with Gasteiger partial charge in [-0.15, -0.1) is 0 Å². The van der Waals surface area contributed by atoms with Gasteiger partial charge in [-0.2, -0.15) is 0 Å². The van der Waals surface area contributed by atoms with Crippen LogP contribution in [0, 0.1) is 13.8 Å². The number of thioether (sulfide) groups is 1. The van der Waals surface area contributed by atoms with Crippen LogP contribution < -0.4 is 5.32 Å². The van der Waals surface area contributed by atoms with Gasteiger partial charge in [0.15, 0.2) is 11.2 Å². The summed E-state index contributed by atoms with van der Waals surface area (Å²) in [5, 5.41) is 3.48. The van der Waals surface area contributed by atoms with Crippen LogP contribution in [0.3, 0.4) is 0 Å². The van der Waals surface area contributed by atoms with Crippen LogP contribution in [0.5, 0.6) is 0 Å². The quantitative estimate of drug-likeness (QED) is 0.847. The summed E-state index contributed by atoms with van der Waals surface area (Å²) in [6, 6.07) is 4.87. The Labute approximate surface area is 162 Å². The first kappa shape index (κ1) is 19.2. The summed E-state index contributed by atoms with van der Waals surface area (Å²) in [5.74, 6) is -0.310. The van der Waals surface area contributed by atoms with E-state index in [2.05, 4.69) is 10.3 Å². The molecule has 1 aromatic carbocycles. The molecule has 0 saturated carbocycles. The highest BCUT2D eigenvalue weighted by atomic mass is 32.2. The number of anilines is 1. The van der Waals surface area contributed by atoms with Gasteiger partial charge in [-0.1, -0.05) is 23.9 Å². The Balaban J connectivity index is 1.66. The van der Waals surface area contributed by atoms with E-state index in [1.807, 2.05) is 32.0 Å². The van der Waals surface area contributed by atoms with Gasteiger partial charge in [-0.25, -0.2) is 9.79 Å². The SMILES string of the molecule is Cc1ccc(C)c(NC(=O)CSC2=NC3C(=O)N(C)C(=O)N(C)C3N2C)c1. The molecule has 1 aromatic rings. The van der Waals surface area contributed by atoms with Crippen molar-refractivity contribution in [2.24, 2.45) is 4.99 Å². The average Bonchev–Trinajstić information content (AvgIpc) is 2.96. The lowest BCUT2D eigenvalue weighted by Crippen LogP contribution is -2.63. The number of amidine groups is 1. The maximum Gasteiger partial charge on any atom is 0.327 e. The summed E-state index contributed by atoms with van der Waals surface area (Å²) in [7, 11) is 4.88. The first-order valence-corrected chi connectivity index (χ1v) is 9.54. The molecule has 3 rings (SSSR count). The molecule has 2 heterocycles. The number of imide groups is 1. The Morgan fingerprint density at radius 2 is 1.89 bits per heavy atom. The number of carbonyl (C=O) groups is 3. The van der Waals surface area contributed by atoms with E-state index < -0.39 is 12.2 Å². The Morgan fingerprint density at radius 3 is 2.59 bits per heavy atom. The van der Waals surface area contributed by atoms with Crippen molar-refractivity contribution in [1.82, 2.24) is 14.7 Å². The Hall–Kier alpha value is -2.55. The zero-order valence-corrected chi connectivity index (χ0v) is 16.8. The van der Waals surface area contributed by atoms with Gasteiger partial charge >= 0.3 is 6.03 Å². The highest BCUT2D eigenvalue weighted by Gasteiger charge is 2.49. The average molecular weight is 389 g/mol. The van der Waals surface area contributed by atoms with Gasteiger partial charge in [0.2, 0.25) is 5.91 Å². The van der Waals surface area contributed by atoms with Gasteiger partial charge < -0.3 is 15.1 Å². The fraction of sp³-hybridized carbons (Fsp3) is 0.444. The van der Waals surface area contributed by atoms with Crippen molar-refractivity contribution in [1.29, 1.82) is 0 Å². The van der Waals surface area contributed by atoms with E-state index in [1.165, 1.54) is 23.7 Å². The van der Waals surface area contributed by atoms with Crippen LogP contribution in [0.4, 0.5) is 10.5 Å². The highest BCUT2D eigenvalue weighted by Crippen LogP contribution is 2.29. The van der Waals surface area contributed by atoms with E-state index in [-0.39, 0.29) is 23.6 Å². The monoisotopic (exact) mass is 389 g/mol. The predicted molar refractivity (Wildman–Crippen MR) is 106 cm³/mol. The topological polar surface area (TPSA) is 85.3 Å². The van der Waals surface area contributed by atoms with Crippen molar-refractivity contribution < 1.29 is 14.4 Å². The summed E-state index contributed by atoms with van der Waals surface area (Å²) in [5.41, 5.74) is 2.86. The lowest BCUT2D eigenvalue weighted by Gasteiger charge is -2.40. The number of aryl methyl sites for hydroxylation is 2. The van der Waals surface area contributed by atoms with Gasteiger partial charge in [-0.3, -0.25) is 14.5 Å². The standard InChI is InChI=1S/C18H23N5O3S/c1-10-6-7-11(2)12(8-10)19-13(24)9-27-17-20-14-15(21(17)3)22(4)18(26)23(5)16(14)25/h6-8,14-15H,9H2,1-5H3,(H,19,24). The van der Waals surface area contributed by atoms with Crippen LogP contribution in [-0.2, 0) is 9.59 Å². The molecule has 0 radical (unpaired) electrons. The first-order chi connectivity index (χ1) is 12.7. The molecule has 2 aliphatic rings. The fourth-order valence-corrected chi connectivity index (χ4v) is 4.06. The number of urea groups is 1. The third-order valence-corrected chi connectivity index (χ3v) is 5.86. The lowest BCUT2D eigenvalue weighted by molar-refractivity contribution is -0.134. The van der Waals surface area contributed by atoms with E-state index in [1.54, 1.807) is 19.0 Å². The van der Waals surface area contributed by atoms with Gasteiger partial charge in [0, 0.05) is 26.8 Å². The zero-order valence-electron chi connectivity index (χ0n) is 16.0. The molecule has 8 nitrogen and oxygen atoms in total. The second-order valence-corrected chi connectivity index (χ2v) is 7.77. The number of nitrogens with one attached hydrogen (secondary N) is 1. The number of fused-ring (bicyclic) bond motifs is 1. The molecule has 0 bridgehead atoms. The largest absolute Gasteiger partial charge is 0.331 e. The van der Waals surface area contributed by atoms with Crippen LogP contribution in [0.25, 0.3) is 0 Å². The number of likely N-dealkylation sites (N-methyl/N-ethyl adjacent to an activating group) is 3. The van der Waals surface area contributed by atoms with E-state index in [9.17, 15) is 14.4 Å². The molecule has 1 fully saturated rings. The molecular weight excluding hydrogens is 366 g/mol. The zero-order chi connectivity index (χ0) is 19.9. The number of aliphatic imine (C=N–C) groups is 1. The van der Waals surface area contributed by atoms with Gasteiger partial charge in [0.1, 0.15) is 6.17 Å². The maximum absolute atomic E-state index is 12.4. The molecular formula is C18H23N5O3S. The number of nitrogens with zero attached hydrogens (tertiary/aromatic N) is 4. The minimum absolute atomic E-state index is 0.146. The molecule has 27 heavy (non-hydrogen) atoms. The van der Waals surface area contributed by atoms with Gasteiger partial charge in [-0.05, 0) is 31.0 Å². The third-order valence-electron chi connectivity index (χ3n) is 4.80. The molecule has 2 aliphatic heterocycles. The summed E-state index contributed by atoms with van der Waals surface area (Å²) >= 11 is 1.26. The Morgan fingerprint density at radius 1 is 1.19 bits per heavy atom. The smallest absolute Gasteiger partial charge is 0.327 e. The summed E-state index contributed by atoms with van der Waals surface area (Å²) in [6.07, 6.45) is -0.453. The second kappa shape index (κ2) is 7.22. The van der Waals surface area contributed by atoms with Gasteiger partial charge in [0.25, 0.3) is 5.91 Å². The lowest BCUT2D eigenvalue weighted by atomic mass is 10.1. The van der Waals surface area contributed by atoms with Crippen molar-refractivity contribution in [3.8, 4) is 0 Å². The normalized spacial score (nSPS) is 22.1. The molecule has 1 N–H and O–H groups in total. The Bertz CT molecular complexity index is 840. The minimum atomic E-state index is -0.660. The molecule has 2 unspecified atom stereocenters. The molecule has 0 aliphatic carbocycles. The number of amides is 4. The van der Waals surface area contributed by atoms with Crippen molar-refractivity contribution in [2.45, 2.75) is 26.1 Å². The van der Waals surface area contributed by atoms with Crippen LogP contribution in [0.15, 0.2) is 23.2 Å². The molecule has 9 heteroatoms. The number of hydrogen-bond acceptors (Lipinski definition) is 6. The fourth-order valence-electron chi connectivity index (χ4n) is 3.22. The number of carbonyl (C=O) groups excluding carboxylic acids is 3. The number of benzene rings is 1. The van der Waals surface area contributed by atoms with Crippen LogP contribution in [0.2, 0.25) is 0 Å². The maximum atomic E-state index is 12.4. The molecule has 4 amide bonds. The molecule has 0 spiro atoms. The van der Waals surface area contributed by atoms with Crippen molar-refractivity contribution >= 4 is 40.5 Å². The van der Waals surface area contributed by atoms with Crippen molar-refractivity contribution in [3.63, 3.8) is 0 Å². The van der Waals surface area contributed by atoms with E-state index in [4.69, 9.17) is 0 Å². The minimum Gasteiger partial charge on any atom is -0.331 e. The third kappa shape index (κ3) is 3.51. The second-order valence-electron chi connectivity index (χ2n) is 6.83. The molecule has 0 aromatic heterocycles. The van der Waals surface area contributed by atoms with Crippen LogP contribution >= 0.6 is 11.8 Å². The molecule has 1 saturated heterocycles. The van der Waals surface area contributed by atoms with E-state index >= 15 is 0 Å².